The Morgan fingerprint density at radius 2 is 2.19 bits per heavy atom. The minimum Gasteiger partial charge on any atom is -0.437 e. The molecule has 82 valence electrons. The number of hydrazine groups is 1. The van der Waals surface area contributed by atoms with E-state index in [9.17, 15) is 4.39 Å². The molecule has 0 aliphatic rings. The van der Waals surface area contributed by atoms with Crippen molar-refractivity contribution >= 4 is 5.82 Å². The summed E-state index contributed by atoms with van der Waals surface area (Å²) in [6, 6.07) is 5.75. The van der Waals surface area contributed by atoms with Gasteiger partial charge in [0, 0.05) is 6.07 Å². The quantitative estimate of drug-likeness (QED) is 0.608. The fourth-order valence-corrected chi connectivity index (χ4v) is 1.12. The zero-order valence-electron chi connectivity index (χ0n) is 8.22. The lowest BCUT2D eigenvalue weighted by atomic mass is 10.3. The second-order valence-electron chi connectivity index (χ2n) is 2.95. The fourth-order valence-electron chi connectivity index (χ4n) is 1.12. The Kier molecular flexibility index (Phi) is 2.93. The Labute approximate surface area is 91.1 Å². The molecule has 0 aliphatic carbocycles. The van der Waals surface area contributed by atoms with Gasteiger partial charge in [0.15, 0.2) is 5.82 Å². The van der Waals surface area contributed by atoms with Gasteiger partial charge < -0.3 is 10.2 Å². The average Bonchev–Trinajstić information content (AvgIpc) is 2.29. The van der Waals surface area contributed by atoms with Crippen LogP contribution in [0.4, 0.5) is 10.2 Å². The van der Waals surface area contributed by atoms with Crippen molar-refractivity contribution < 1.29 is 9.13 Å². The van der Waals surface area contributed by atoms with Crippen LogP contribution in [0.15, 0.2) is 36.7 Å². The average molecular weight is 220 g/mol. The van der Waals surface area contributed by atoms with Crippen LogP contribution in [0, 0.1) is 5.82 Å². The molecular weight excluding hydrogens is 211 g/mol. The second-order valence-corrected chi connectivity index (χ2v) is 2.95. The van der Waals surface area contributed by atoms with Gasteiger partial charge in [-0.1, -0.05) is 6.07 Å². The summed E-state index contributed by atoms with van der Waals surface area (Å²) in [7, 11) is 0. The first-order valence-electron chi connectivity index (χ1n) is 4.50. The van der Waals surface area contributed by atoms with Crippen LogP contribution >= 0.6 is 0 Å². The Balaban J connectivity index is 2.20. The number of nitrogen functional groups attached to an aromatic ring is 1. The van der Waals surface area contributed by atoms with Gasteiger partial charge in [-0.05, 0) is 12.1 Å². The van der Waals surface area contributed by atoms with Crippen LogP contribution in [0.3, 0.4) is 0 Å². The zero-order chi connectivity index (χ0) is 11.4. The number of aromatic nitrogens is 2. The molecule has 1 aromatic heterocycles. The maximum atomic E-state index is 12.9. The smallest absolute Gasteiger partial charge is 0.239 e. The van der Waals surface area contributed by atoms with Crippen LogP contribution in [-0.4, -0.2) is 9.97 Å². The Bertz CT molecular complexity index is 492. The van der Waals surface area contributed by atoms with Gasteiger partial charge in [-0.2, -0.15) is 4.98 Å². The molecule has 1 aromatic carbocycles. The topological polar surface area (TPSA) is 73.1 Å². The van der Waals surface area contributed by atoms with E-state index in [1.807, 2.05) is 0 Å². The number of nitrogens with zero attached hydrogens (tertiary/aromatic N) is 2. The number of hydrogen-bond donors (Lipinski definition) is 2. The molecule has 0 aliphatic heterocycles. The largest absolute Gasteiger partial charge is 0.437 e. The predicted molar refractivity (Wildman–Crippen MR) is 56.3 cm³/mol. The van der Waals surface area contributed by atoms with Crippen molar-refractivity contribution in [1.82, 2.24) is 9.97 Å². The summed E-state index contributed by atoms with van der Waals surface area (Å²) in [5.41, 5.74) is 2.34. The molecule has 6 heteroatoms. The number of halogens is 1. The molecule has 0 amide bonds. The van der Waals surface area contributed by atoms with Crippen LogP contribution < -0.4 is 16.0 Å². The van der Waals surface area contributed by atoms with Crippen LogP contribution in [0.1, 0.15) is 0 Å². The van der Waals surface area contributed by atoms with Crippen LogP contribution in [-0.2, 0) is 0 Å². The standard InChI is InChI=1S/C10H9FN4O/c11-7-2-1-3-8(4-7)16-10-6-13-5-9(14-10)15-12/h1-6H,12H2,(H,14,15). The highest BCUT2D eigenvalue weighted by molar-refractivity contribution is 5.33. The van der Waals surface area contributed by atoms with E-state index in [-0.39, 0.29) is 11.7 Å². The van der Waals surface area contributed by atoms with Crippen molar-refractivity contribution in [3.8, 4) is 11.6 Å². The highest BCUT2D eigenvalue weighted by atomic mass is 19.1. The number of hydrogen-bond acceptors (Lipinski definition) is 5. The molecule has 0 fully saturated rings. The summed E-state index contributed by atoms with van der Waals surface area (Å²) in [5, 5.41) is 0. The lowest BCUT2D eigenvalue weighted by Gasteiger charge is -2.05. The number of nitrogens with two attached hydrogens (primary N) is 1. The summed E-state index contributed by atoms with van der Waals surface area (Å²) in [6.45, 7) is 0. The highest BCUT2D eigenvalue weighted by Crippen LogP contribution is 2.19. The van der Waals surface area contributed by atoms with E-state index in [0.717, 1.165) is 0 Å². The number of nitrogens with one attached hydrogen (secondary N) is 1. The molecule has 0 bridgehead atoms. The Morgan fingerprint density at radius 1 is 1.31 bits per heavy atom. The van der Waals surface area contributed by atoms with Crippen molar-refractivity contribution in [2.45, 2.75) is 0 Å². The summed E-state index contributed by atoms with van der Waals surface area (Å²) in [5.74, 6) is 5.75. The Hall–Kier alpha value is -2.21. The SMILES string of the molecule is NNc1cncc(Oc2cccc(F)c2)n1. The van der Waals surface area contributed by atoms with Gasteiger partial charge in [0.1, 0.15) is 11.6 Å². The van der Waals surface area contributed by atoms with E-state index in [2.05, 4.69) is 15.4 Å². The van der Waals surface area contributed by atoms with Gasteiger partial charge in [0.05, 0.1) is 12.4 Å². The molecule has 0 saturated heterocycles. The van der Waals surface area contributed by atoms with Gasteiger partial charge in [-0.15, -0.1) is 0 Å². The molecule has 0 radical (unpaired) electrons. The summed E-state index contributed by atoms with van der Waals surface area (Å²) >= 11 is 0. The van der Waals surface area contributed by atoms with E-state index >= 15 is 0 Å². The molecule has 2 aromatic rings. The molecule has 0 spiro atoms. The first-order valence-corrected chi connectivity index (χ1v) is 4.50. The molecule has 2 rings (SSSR count). The first-order chi connectivity index (χ1) is 7.78. The van der Waals surface area contributed by atoms with Crippen LogP contribution in [0.2, 0.25) is 0 Å². The lowest BCUT2D eigenvalue weighted by Crippen LogP contribution is -2.08. The second kappa shape index (κ2) is 4.54. The van der Waals surface area contributed by atoms with Crippen LogP contribution in [0.25, 0.3) is 0 Å². The number of rotatable bonds is 3. The van der Waals surface area contributed by atoms with Crippen LogP contribution in [0.5, 0.6) is 11.6 Å². The molecule has 0 saturated carbocycles. The van der Waals surface area contributed by atoms with E-state index in [4.69, 9.17) is 10.6 Å². The van der Waals surface area contributed by atoms with Gasteiger partial charge in [0.2, 0.25) is 5.88 Å². The summed E-state index contributed by atoms with van der Waals surface area (Å²) in [6.07, 6.45) is 2.85. The minimum atomic E-state index is -0.376. The number of benzene rings is 1. The molecule has 0 unspecified atom stereocenters. The Morgan fingerprint density at radius 3 is 2.94 bits per heavy atom. The van der Waals surface area contributed by atoms with Gasteiger partial charge in [0.25, 0.3) is 0 Å². The maximum absolute atomic E-state index is 12.9. The molecule has 3 N–H and O–H groups in total. The maximum Gasteiger partial charge on any atom is 0.239 e. The third-order valence-electron chi connectivity index (χ3n) is 1.78. The third-order valence-corrected chi connectivity index (χ3v) is 1.78. The van der Waals surface area contributed by atoms with Gasteiger partial charge >= 0.3 is 0 Å². The van der Waals surface area contributed by atoms with Crippen molar-refractivity contribution in [2.24, 2.45) is 5.84 Å². The molecule has 16 heavy (non-hydrogen) atoms. The van der Waals surface area contributed by atoms with E-state index in [1.54, 1.807) is 12.1 Å². The lowest BCUT2D eigenvalue weighted by molar-refractivity contribution is 0.456. The zero-order valence-corrected chi connectivity index (χ0v) is 8.22. The molecule has 1 heterocycles. The highest BCUT2D eigenvalue weighted by Gasteiger charge is 2.01. The molecular formula is C10H9FN4O. The predicted octanol–water partition coefficient (Wildman–Crippen LogP) is 1.69. The number of anilines is 1. The van der Waals surface area contributed by atoms with Crippen molar-refractivity contribution in [3.63, 3.8) is 0 Å². The fraction of sp³-hybridized carbons (Fsp3) is 0. The minimum absolute atomic E-state index is 0.237. The van der Waals surface area contributed by atoms with Crippen molar-refractivity contribution in [2.75, 3.05) is 5.43 Å². The van der Waals surface area contributed by atoms with Gasteiger partial charge in [-0.3, -0.25) is 4.98 Å². The first kappa shape index (κ1) is 10.3. The van der Waals surface area contributed by atoms with Crippen molar-refractivity contribution in [3.05, 3.63) is 42.5 Å². The van der Waals surface area contributed by atoms with E-state index in [0.29, 0.717) is 11.6 Å². The molecule has 0 atom stereocenters. The monoisotopic (exact) mass is 220 g/mol. The normalized spacial score (nSPS) is 9.88. The van der Waals surface area contributed by atoms with Crippen molar-refractivity contribution in [1.29, 1.82) is 0 Å². The number of ether oxygens (including phenoxy) is 1. The summed E-state index contributed by atoms with van der Waals surface area (Å²) in [4.78, 5) is 7.82. The van der Waals surface area contributed by atoms with Gasteiger partial charge in [-0.25, -0.2) is 10.2 Å². The van der Waals surface area contributed by atoms with E-state index in [1.165, 1.54) is 24.5 Å². The third kappa shape index (κ3) is 2.43. The van der Waals surface area contributed by atoms with E-state index < -0.39 is 0 Å². The molecule has 5 nitrogen and oxygen atoms in total. The summed E-state index contributed by atoms with van der Waals surface area (Å²) < 4.78 is 18.2.